The van der Waals surface area contributed by atoms with Crippen molar-refractivity contribution in [1.82, 2.24) is 0 Å². The third-order valence-electron chi connectivity index (χ3n) is 2.61. The maximum absolute atomic E-state index is 13.4. The Labute approximate surface area is 88.7 Å². The molecule has 0 amide bonds. The molecule has 0 heterocycles. The van der Waals surface area contributed by atoms with E-state index in [4.69, 9.17) is 5.11 Å². The molecule has 0 aliphatic rings. The van der Waals surface area contributed by atoms with Gasteiger partial charge in [0.05, 0.1) is 5.92 Å². The molecule has 1 atom stereocenters. The average Bonchev–Trinajstić information content (AvgIpc) is 2.13. The fourth-order valence-electron chi connectivity index (χ4n) is 1.73. The van der Waals surface area contributed by atoms with Crippen molar-refractivity contribution in [2.75, 3.05) is 0 Å². The Kier molecular flexibility index (Phi) is 3.45. The van der Waals surface area contributed by atoms with Gasteiger partial charge in [-0.2, -0.15) is 0 Å². The highest BCUT2D eigenvalue weighted by atomic mass is 19.1. The van der Waals surface area contributed by atoms with E-state index in [9.17, 15) is 9.18 Å². The summed E-state index contributed by atoms with van der Waals surface area (Å²) in [5.41, 5.74) is 1.78. The molecule has 82 valence electrons. The van der Waals surface area contributed by atoms with Crippen molar-refractivity contribution in [3.63, 3.8) is 0 Å². The quantitative estimate of drug-likeness (QED) is 0.832. The zero-order valence-corrected chi connectivity index (χ0v) is 9.17. The lowest BCUT2D eigenvalue weighted by atomic mass is 9.91. The molecule has 0 radical (unpaired) electrons. The summed E-state index contributed by atoms with van der Waals surface area (Å²) >= 11 is 0. The monoisotopic (exact) mass is 210 g/mol. The molecule has 1 unspecified atom stereocenters. The van der Waals surface area contributed by atoms with Gasteiger partial charge in [-0.1, -0.05) is 13.0 Å². The number of halogens is 1. The predicted octanol–water partition coefficient (Wildman–Crippen LogP) is 3.02. The van der Waals surface area contributed by atoms with Crippen LogP contribution in [0.2, 0.25) is 0 Å². The minimum absolute atomic E-state index is 0.329. The van der Waals surface area contributed by atoms with E-state index in [2.05, 4.69) is 0 Å². The fourth-order valence-corrected chi connectivity index (χ4v) is 1.73. The lowest BCUT2D eigenvalue weighted by molar-refractivity contribution is -0.138. The first-order valence-electron chi connectivity index (χ1n) is 4.96. The Morgan fingerprint density at radius 2 is 2.07 bits per heavy atom. The van der Waals surface area contributed by atoms with Crippen LogP contribution in [0.1, 0.15) is 36.0 Å². The van der Waals surface area contributed by atoms with Crippen LogP contribution in [-0.2, 0) is 4.79 Å². The molecule has 15 heavy (non-hydrogen) atoms. The molecule has 1 rings (SSSR count). The van der Waals surface area contributed by atoms with Gasteiger partial charge in [-0.25, -0.2) is 4.39 Å². The van der Waals surface area contributed by atoms with Crippen LogP contribution in [0.3, 0.4) is 0 Å². The summed E-state index contributed by atoms with van der Waals surface area (Å²) in [6.45, 7) is 5.18. The van der Waals surface area contributed by atoms with Crippen molar-refractivity contribution in [2.45, 2.75) is 33.1 Å². The Balaban J connectivity index is 3.28. The van der Waals surface area contributed by atoms with Crippen LogP contribution < -0.4 is 0 Å². The van der Waals surface area contributed by atoms with Gasteiger partial charge in [0.2, 0.25) is 0 Å². The maximum Gasteiger partial charge on any atom is 0.310 e. The van der Waals surface area contributed by atoms with E-state index < -0.39 is 11.9 Å². The van der Waals surface area contributed by atoms with E-state index in [-0.39, 0.29) is 5.82 Å². The number of carboxylic acids is 1. The van der Waals surface area contributed by atoms with Gasteiger partial charge >= 0.3 is 5.97 Å². The van der Waals surface area contributed by atoms with Gasteiger partial charge in [0.15, 0.2) is 0 Å². The number of hydrogen-bond acceptors (Lipinski definition) is 1. The average molecular weight is 210 g/mol. The smallest absolute Gasteiger partial charge is 0.310 e. The van der Waals surface area contributed by atoms with Gasteiger partial charge in [0, 0.05) is 0 Å². The van der Waals surface area contributed by atoms with Gasteiger partial charge in [0.1, 0.15) is 5.82 Å². The van der Waals surface area contributed by atoms with Gasteiger partial charge in [-0.15, -0.1) is 0 Å². The van der Waals surface area contributed by atoms with Crippen LogP contribution in [0.4, 0.5) is 4.39 Å². The topological polar surface area (TPSA) is 37.3 Å². The highest BCUT2D eigenvalue weighted by Crippen LogP contribution is 2.26. The minimum Gasteiger partial charge on any atom is -0.481 e. The predicted molar refractivity (Wildman–Crippen MR) is 56.5 cm³/mol. The van der Waals surface area contributed by atoms with E-state index in [1.807, 2.05) is 0 Å². The van der Waals surface area contributed by atoms with Gasteiger partial charge < -0.3 is 5.11 Å². The molecule has 2 nitrogen and oxygen atoms in total. The molecule has 1 N–H and O–H groups in total. The highest BCUT2D eigenvalue weighted by molar-refractivity contribution is 5.76. The molecule has 1 aromatic carbocycles. The number of carbonyl (C=O) groups is 1. The van der Waals surface area contributed by atoms with E-state index in [1.165, 1.54) is 6.07 Å². The van der Waals surface area contributed by atoms with Crippen LogP contribution in [0.25, 0.3) is 0 Å². The zero-order valence-electron chi connectivity index (χ0n) is 9.17. The van der Waals surface area contributed by atoms with Crippen LogP contribution in [0.5, 0.6) is 0 Å². The van der Waals surface area contributed by atoms with Crippen LogP contribution in [0.15, 0.2) is 12.1 Å². The van der Waals surface area contributed by atoms with E-state index in [1.54, 1.807) is 26.8 Å². The molecule has 0 saturated carbocycles. The lowest BCUT2D eigenvalue weighted by Crippen LogP contribution is -2.12. The molecule has 1 aromatic rings. The first-order valence-corrected chi connectivity index (χ1v) is 4.96. The molecule has 0 aliphatic heterocycles. The summed E-state index contributed by atoms with van der Waals surface area (Å²) in [7, 11) is 0. The van der Waals surface area contributed by atoms with Gasteiger partial charge in [-0.05, 0) is 43.0 Å². The van der Waals surface area contributed by atoms with E-state index in [0.29, 0.717) is 17.5 Å². The SMILES string of the molecule is CCC(C(=O)O)c1cc(C)cc(F)c1C. The lowest BCUT2D eigenvalue weighted by Gasteiger charge is -2.14. The fraction of sp³-hybridized carbons (Fsp3) is 0.417. The van der Waals surface area contributed by atoms with Crippen molar-refractivity contribution in [3.8, 4) is 0 Å². The number of hydrogen-bond donors (Lipinski definition) is 1. The second-order valence-corrected chi connectivity index (χ2v) is 3.76. The highest BCUT2D eigenvalue weighted by Gasteiger charge is 2.21. The molecule has 0 fully saturated rings. The van der Waals surface area contributed by atoms with Crippen LogP contribution in [0, 0.1) is 19.7 Å². The molecule has 0 aromatic heterocycles. The minimum atomic E-state index is -0.898. The summed E-state index contributed by atoms with van der Waals surface area (Å²) in [6, 6.07) is 3.17. The number of rotatable bonds is 3. The maximum atomic E-state index is 13.4. The first kappa shape index (κ1) is 11.7. The zero-order chi connectivity index (χ0) is 11.6. The largest absolute Gasteiger partial charge is 0.481 e. The van der Waals surface area contributed by atoms with Crippen molar-refractivity contribution in [1.29, 1.82) is 0 Å². The molecular weight excluding hydrogens is 195 g/mol. The van der Waals surface area contributed by atoms with Crippen LogP contribution in [-0.4, -0.2) is 11.1 Å². The van der Waals surface area contributed by atoms with Crippen molar-refractivity contribution >= 4 is 5.97 Å². The third-order valence-corrected chi connectivity index (χ3v) is 2.61. The molecule has 0 saturated heterocycles. The van der Waals surface area contributed by atoms with Crippen molar-refractivity contribution in [2.24, 2.45) is 0 Å². The van der Waals surface area contributed by atoms with E-state index in [0.717, 1.165) is 5.56 Å². The normalized spacial score (nSPS) is 12.5. The van der Waals surface area contributed by atoms with Gasteiger partial charge in [0.25, 0.3) is 0 Å². The molecule has 0 spiro atoms. The standard InChI is InChI=1S/C12H15FO2/c1-4-9(12(14)15)10-5-7(2)6-11(13)8(10)3/h5-6,9H,4H2,1-3H3,(H,14,15). The number of aryl methyl sites for hydroxylation is 1. The summed E-state index contributed by atoms with van der Waals surface area (Å²) in [5, 5.41) is 9.01. The second-order valence-electron chi connectivity index (χ2n) is 3.76. The molecular formula is C12H15FO2. The number of aliphatic carboxylic acids is 1. The van der Waals surface area contributed by atoms with Crippen molar-refractivity contribution < 1.29 is 14.3 Å². The first-order chi connectivity index (χ1) is 6.97. The number of carboxylic acid groups (broad SMARTS) is 1. The Morgan fingerprint density at radius 3 is 2.53 bits per heavy atom. The molecule has 0 bridgehead atoms. The third kappa shape index (κ3) is 2.35. The Hall–Kier alpha value is -1.38. The van der Waals surface area contributed by atoms with Crippen molar-refractivity contribution in [3.05, 3.63) is 34.6 Å². The van der Waals surface area contributed by atoms with E-state index >= 15 is 0 Å². The summed E-state index contributed by atoms with van der Waals surface area (Å²) in [6.07, 6.45) is 0.471. The second kappa shape index (κ2) is 4.43. The Bertz CT molecular complexity index is 385. The molecule has 3 heteroatoms. The summed E-state index contributed by atoms with van der Waals surface area (Å²) in [5.74, 6) is -1.84. The number of benzene rings is 1. The summed E-state index contributed by atoms with van der Waals surface area (Å²) in [4.78, 5) is 11.0. The molecule has 0 aliphatic carbocycles. The summed E-state index contributed by atoms with van der Waals surface area (Å²) < 4.78 is 13.4. The van der Waals surface area contributed by atoms with Crippen LogP contribution >= 0.6 is 0 Å². The Morgan fingerprint density at radius 1 is 1.47 bits per heavy atom. The van der Waals surface area contributed by atoms with Gasteiger partial charge in [-0.3, -0.25) is 4.79 Å².